The van der Waals surface area contributed by atoms with Crippen molar-refractivity contribution < 1.29 is 14.3 Å². The predicted molar refractivity (Wildman–Crippen MR) is 113 cm³/mol. The summed E-state index contributed by atoms with van der Waals surface area (Å²) in [6, 6.07) is 0. The fourth-order valence-electron chi connectivity index (χ4n) is 4.07. The maximum absolute atomic E-state index is 12.7. The molecule has 1 N–H and O–H groups in total. The predicted octanol–water partition coefficient (Wildman–Crippen LogP) is 1.56. The molecule has 5 heterocycles. The Kier molecular flexibility index (Phi) is 4.97. The van der Waals surface area contributed by atoms with Gasteiger partial charge in [-0.3, -0.25) is 9.69 Å². The van der Waals surface area contributed by atoms with Crippen LogP contribution >= 0.6 is 11.3 Å². The number of hydrogen-bond acceptors (Lipinski definition) is 8. The number of nitrogens with one attached hydrogen (secondary N) is 1. The van der Waals surface area contributed by atoms with Crippen molar-refractivity contribution in [3.63, 3.8) is 0 Å². The van der Waals surface area contributed by atoms with Crippen molar-refractivity contribution in [3.8, 4) is 0 Å². The van der Waals surface area contributed by atoms with Crippen molar-refractivity contribution in [2.75, 3.05) is 39.4 Å². The number of thiophene rings is 1. The zero-order valence-corrected chi connectivity index (χ0v) is 18.3. The van der Waals surface area contributed by atoms with Crippen LogP contribution in [0.4, 0.5) is 0 Å². The maximum Gasteiger partial charge on any atom is 0.291 e. The zero-order chi connectivity index (χ0) is 20.9. The van der Waals surface area contributed by atoms with Crippen molar-refractivity contribution in [1.29, 1.82) is 0 Å². The molecule has 1 saturated heterocycles. The molecule has 5 rings (SSSR count). The van der Waals surface area contributed by atoms with Crippen LogP contribution < -0.4 is 5.32 Å². The first-order valence-electron chi connectivity index (χ1n) is 10.3. The van der Waals surface area contributed by atoms with Crippen LogP contribution in [0.1, 0.15) is 40.7 Å². The number of rotatable bonds is 4. The Morgan fingerprint density at radius 2 is 2.07 bits per heavy atom. The van der Waals surface area contributed by atoms with E-state index in [1.54, 1.807) is 15.9 Å². The Hall–Kier alpha value is -2.14. The molecule has 0 aromatic carbocycles. The molecule has 3 aromatic heterocycles. The van der Waals surface area contributed by atoms with Crippen LogP contribution in [0.15, 0.2) is 0 Å². The molecule has 160 valence electrons. The Balaban J connectivity index is 1.43. The molecule has 2 aliphatic rings. The minimum Gasteiger partial charge on any atom is -0.379 e. The molecule has 3 aromatic rings. The molecule has 0 aliphatic carbocycles. The molecule has 9 nitrogen and oxygen atoms in total. The molecule has 0 spiro atoms. The van der Waals surface area contributed by atoms with Crippen LogP contribution in [0.2, 0.25) is 0 Å². The molecule has 0 radical (unpaired) electrons. The molecule has 10 heteroatoms. The van der Waals surface area contributed by atoms with Gasteiger partial charge >= 0.3 is 0 Å². The zero-order valence-electron chi connectivity index (χ0n) is 17.5. The SMILES string of the molecule is Cc1nc2sc3c(c2c2nc(C(=O)NCCN4CCOCC4)nn12)CC(C)(C)OC3. The lowest BCUT2D eigenvalue weighted by Crippen LogP contribution is -2.41. The van der Waals surface area contributed by atoms with Gasteiger partial charge in [0, 0.05) is 37.5 Å². The van der Waals surface area contributed by atoms with Crippen LogP contribution in [-0.2, 0) is 22.5 Å². The lowest BCUT2D eigenvalue weighted by molar-refractivity contribution is -0.0379. The van der Waals surface area contributed by atoms with Crippen LogP contribution in [0.25, 0.3) is 15.9 Å². The summed E-state index contributed by atoms with van der Waals surface area (Å²) in [5.41, 5.74) is 1.68. The van der Waals surface area contributed by atoms with E-state index < -0.39 is 0 Å². The fraction of sp³-hybridized carbons (Fsp3) is 0.600. The average Bonchev–Trinajstić information content (AvgIpc) is 3.30. The molecule has 1 fully saturated rings. The second-order valence-corrected chi connectivity index (χ2v) is 9.53. The first kappa shape index (κ1) is 19.8. The van der Waals surface area contributed by atoms with Gasteiger partial charge in [-0.25, -0.2) is 9.97 Å². The van der Waals surface area contributed by atoms with Gasteiger partial charge in [-0.05, 0) is 26.3 Å². The topological polar surface area (TPSA) is 93.9 Å². The van der Waals surface area contributed by atoms with Gasteiger partial charge in [0.15, 0.2) is 5.65 Å². The molecule has 1 amide bonds. The third-order valence-electron chi connectivity index (χ3n) is 5.69. The van der Waals surface area contributed by atoms with Crippen molar-refractivity contribution >= 4 is 33.1 Å². The Bertz CT molecular complexity index is 1120. The van der Waals surface area contributed by atoms with Gasteiger partial charge in [0.1, 0.15) is 10.7 Å². The molecule has 0 atom stereocenters. The molecule has 30 heavy (non-hydrogen) atoms. The average molecular weight is 431 g/mol. The van der Waals surface area contributed by atoms with Gasteiger partial charge < -0.3 is 14.8 Å². The van der Waals surface area contributed by atoms with E-state index in [-0.39, 0.29) is 17.3 Å². The normalized spacial score (nSPS) is 19.3. The number of aryl methyl sites for hydroxylation is 1. The van der Waals surface area contributed by atoms with E-state index in [1.165, 1.54) is 10.4 Å². The number of amides is 1. The molecular weight excluding hydrogens is 404 g/mol. The summed E-state index contributed by atoms with van der Waals surface area (Å²) in [5, 5.41) is 8.41. The lowest BCUT2D eigenvalue weighted by Gasteiger charge is -2.30. The van der Waals surface area contributed by atoms with Crippen LogP contribution in [0, 0.1) is 6.92 Å². The highest BCUT2D eigenvalue weighted by Crippen LogP contribution is 2.39. The van der Waals surface area contributed by atoms with Crippen LogP contribution in [0.5, 0.6) is 0 Å². The summed E-state index contributed by atoms with van der Waals surface area (Å²) in [6.45, 7) is 11.3. The monoisotopic (exact) mass is 430 g/mol. The van der Waals surface area contributed by atoms with Gasteiger partial charge in [0.25, 0.3) is 5.91 Å². The number of aromatic nitrogens is 4. The van der Waals surface area contributed by atoms with E-state index in [2.05, 4.69) is 34.1 Å². The minimum absolute atomic E-state index is 0.181. The molecule has 2 aliphatic heterocycles. The van der Waals surface area contributed by atoms with Gasteiger partial charge in [-0.2, -0.15) is 4.52 Å². The number of morpholine rings is 1. The van der Waals surface area contributed by atoms with Crippen LogP contribution in [-0.4, -0.2) is 75.4 Å². The van der Waals surface area contributed by atoms with Crippen molar-refractivity contribution in [3.05, 3.63) is 22.1 Å². The van der Waals surface area contributed by atoms with E-state index >= 15 is 0 Å². The van der Waals surface area contributed by atoms with Gasteiger partial charge in [-0.1, -0.05) is 0 Å². The first-order chi connectivity index (χ1) is 14.4. The third kappa shape index (κ3) is 3.58. The summed E-state index contributed by atoms with van der Waals surface area (Å²) in [6.07, 6.45) is 0.788. The van der Waals surface area contributed by atoms with Gasteiger partial charge in [0.05, 0.1) is 30.8 Å². The van der Waals surface area contributed by atoms with E-state index in [0.717, 1.165) is 55.3 Å². The maximum atomic E-state index is 12.7. The van der Waals surface area contributed by atoms with E-state index in [0.29, 0.717) is 18.8 Å². The number of fused-ring (bicyclic) bond motifs is 5. The molecule has 0 bridgehead atoms. The largest absolute Gasteiger partial charge is 0.379 e. The first-order valence-corrected chi connectivity index (χ1v) is 11.1. The summed E-state index contributed by atoms with van der Waals surface area (Å²) < 4.78 is 13.0. The minimum atomic E-state index is -0.257. The number of ether oxygens (including phenoxy) is 2. The summed E-state index contributed by atoms with van der Waals surface area (Å²) >= 11 is 1.64. The number of nitrogens with zero attached hydrogens (tertiary/aromatic N) is 5. The van der Waals surface area contributed by atoms with E-state index in [1.807, 2.05) is 6.92 Å². The second-order valence-electron chi connectivity index (χ2n) is 8.45. The second kappa shape index (κ2) is 7.52. The Morgan fingerprint density at radius 1 is 1.27 bits per heavy atom. The highest BCUT2D eigenvalue weighted by molar-refractivity contribution is 7.19. The van der Waals surface area contributed by atoms with E-state index in [9.17, 15) is 4.79 Å². The lowest BCUT2D eigenvalue weighted by atomic mass is 9.94. The van der Waals surface area contributed by atoms with Gasteiger partial charge in [0.2, 0.25) is 5.82 Å². The Morgan fingerprint density at radius 3 is 2.87 bits per heavy atom. The highest BCUT2D eigenvalue weighted by atomic mass is 32.1. The summed E-state index contributed by atoms with van der Waals surface area (Å²) in [7, 11) is 0. The molecular formula is C20H26N6O3S. The van der Waals surface area contributed by atoms with Crippen molar-refractivity contribution in [1.82, 2.24) is 29.8 Å². The van der Waals surface area contributed by atoms with Crippen molar-refractivity contribution in [2.45, 2.75) is 39.4 Å². The summed E-state index contributed by atoms with van der Waals surface area (Å²) in [5.74, 6) is 0.643. The number of carbonyl (C=O) groups excluding carboxylic acids is 1. The smallest absolute Gasteiger partial charge is 0.291 e. The standard InChI is InChI=1S/C20H26N6O3S/c1-12-22-19-15(13-10-20(2,3)29-11-14(13)30-19)17-23-16(24-26(12)17)18(27)21-4-5-25-6-8-28-9-7-25/h4-11H2,1-3H3,(H,21,27). The molecule has 0 saturated carbocycles. The van der Waals surface area contributed by atoms with E-state index in [4.69, 9.17) is 14.5 Å². The molecule has 0 unspecified atom stereocenters. The fourth-order valence-corrected chi connectivity index (χ4v) is 5.21. The number of carbonyl (C=O) groups is 1. The van der Waals surface area contributed by atoms with Gasteiger partial charge in [-0.15, -0.1) is 16.4 Å². The summed E-state index contributed by atoms with van der Waals surface area (Å²) in [4.78, 5) is 26.4. The number of hydrogen-bond donors (Lipinski definition) is 1. The van der Waals surface area contributed by atoms with Crippen LogP contribution in [0.3, 0.4) is 0 Å². The highest BCUT2D eigenvalue weighted by Gasteiger charge is 2.31. The quantitative estimate of drug-likeness (QED) is 0.671. The third-order valence-corrected chi connectivity index (χ3v) is 6.79. The van der Waals surface area contributed by atoms with Crippen molar-refractivity contribution in [2.24, 2.45) is 0 Å². The Labute approximate surface area is 178 Å².